The van der Waals surface area contributed by atoms with Crippen molar-refractivity contribution >= 4 is 10.0 Å². The molecule has 2 N–H and O–H groups in total. The first kappa shape index (κ1) is 11.2. The van der Waals surface area contributed by atoms with Crippen LogP contribution in [-0.2, 0) is 16.6 Å². The minimum absolute atomic E-state index is 0.192. The topological polar surface area (TPSA) is 74.8 Å². The van der Waals surface area contributed by atoms with E-state index in [4.69, 9.17) is 0 Å². The van der Waals surface area contributed by atoms with Crippen LogP contribution in [0.1, 0.15) is 25.5 Å². The third kappa shape index (κ3) is 3.89. The van der Waals surface area contributed by atoms with E-state index in [1.54, 1.807) is 6.20 Å². The Labute approximate surface area is 84.0 Å². The van der Waals surface area contributed by atoms with Crippen LogP contribution in [0.5, 0.6) is 0 Å². The van der Waals surface area contributed by atoms with E-state index in [0.717, 1.165) is 12.1 Å². The number of H-pyrrole nitrogens is 1. The number of hydrogen-bond acceptors (Lipinski definition) is 3. The van der Waals surface area contributed by atoms with E-state index in [-0.39, 0.29) is 12.3 Å². The highest BCUT2D eigenvalue weighted by molar-refractivity contribution is 7.89. The fourth-order valence-electron chi connectivity index (χ4n) is 0.976. The monoisotopic (exact) mass is 217 g/mol. The Hall–Kier alpha value is -0.880. The van der Waals surface area contributed by atoms with Crippen molar-refractivity contribution in [3.63, 3.8) is 0 Å². The molecule has 1 aromatic heterocycles. The van der Waals surface area contributed by atoms with Gasteiger partial charge in [-0.05, 0) is 6.42 Å². The van der Waals surface area contributed by atoms with Crippen LogP contribution in [-0.4, -0.2) is 24.1 Å². The summed E-state index contributed by atoms with van der Waals surface area (Å²) in [5, 5.41) is 0. The van der Waals surface area contributed by atoms with Gasteiger partial charge in [-0.1, -0.05) is 13.3 Å². The van der Waals surface area contributed by atoms with Crippen LogP contribution >= 0.6 is 0 Å². The third-order valence-corrected chi connectivity index (χ3v) is 3.21. The third-order valence-electron chi connectivity index (χ3n) is 1.80. The van der Waals surface area contributed by atoms with Gasteiger partial charge in [0, 0.05) is 11.9 Å². The van der Waals surface area contributed by atoms with E-state index < -0.39 is 10.0 Å². The van der Waals surface area contributed by atoms with E-state index in [2.05, 4.69) is 14.7 Å². The molecule has 0 aliphatic heterocycles. The molecule has 0 amide bonds. The number of hydrogen-bond donors (Lipinski definition) is 2. The molecule has 0 atom stereocenters. The molecule has 80 valence electrons. The van der Waals surface area contributed by atoms with Crippen molar-refractivity contribution in [3.8, 4) is 0 Å². The number of nitrogens with one attached hydrogen (secondary N) is 2. The molecule has 0 saturated carbocycles. The molecule has 5 nitrogen and oxygen atoms in total. The van der Waals surface area contributed by atoms with Crippen molar-refractivity contribution in [2.45, 2.75) is 26.3 Å². The minimum atomic E-state index is -3.12. The van der Waals surface area contributed by atoms with Crippen molar-refractivity contribution < 1.29 is 8.42 Å². The van der Waals surface area contributed by atoms with Gasteiger partial charge in [-0.25, -0.2) is 18.1 Å². The smallest absolute Gasteiger partial charge is 0.211 e. The summed E-state index contributed by atoms with van der Waals surface area (Å²) in [5.41, 5.74) is 0.769. The lowest BCUT2D eigenvalue weighted by atomic mass is 10.4. The maximum Gasteiger partial charge on any atom is 0.211 e. The van der Waals surface area contributed by atoms with Gasteiger partial charge >= 0.3 is 0 Å². The normalized spacial score (nSPS) is 11.8. The Kier molecular flexibility index (Phi) is 4.09. The summed E-state index contributed by atoms with van der Waals surface area (Å²) in [4.78, 5) is 6.62. The van der Waals surface area contributed by atoms with E-state index in [0.29, 0.717) is 6.42 Å². The lowest BCUT2D eigenvalue weighted by Gasteiger charge is -2.03. The Morgan fingerprint density at radius 1 is 1.57 bits per heavy atom. The van der Waals surface area contributed by atoms with Gasteiger partial charge < -0.3 is 4.98 Å². The van der Waals surface area contributed by atoms with Crippen molar-refractivity contribution in [2.24, 2.45) is 0 Å². The fourth-order valence-corrected chi connectivity index (χ4v) is 2.16. The molecule has 0 aliphatic rings. The minimum Gasteiger partial charge on any atom is -0.347 e. The van der Waals surface area contributed by atoms with Crippen LogP contribution in [0, 0.1) is 0 Å². The number of aromatic nitrogens is 2. The lowest BCUT2D eigenvalue weighted by Crippen LogP contribution is -2.25. The van der Waals surface area contributed by atoms with Crippen molar-refractivity contribution in [3.05, 3.63) is 18.2 Å². The highest BCUT2D eigenvalue weighted by atomic mass is 32.2. The van der Waals surface area contributed by atoms with E-state index in [9.17, 15) is 8.42 Å². The molecule has 0 saturated heterocycles. The molecule has 0 bridgehead atoms. The lowest BCUT2D eigenvalue weighted by molar-refractivity contribution is 0.577. The average Bonchev–Trinajstić information content (AvgIpc) is 2.64. The number of aromatic amines is 1. The molecule has 0 fully saturated rings. The predicted molar refractivity (Wildman–Crippen MR) is 54.1 cm³/mol. The number of sulfonamides is 1. The molecular weight excluding hydrogens is 202 g/mol. The first-order valence-corrected chi connectivity index (χ1v) is 6.24. The predicted octanol–water partition coefficient (Wildman–Crippen LogP) is 0.629. The molecule has 0 unspecified atom stereocenters. The van der Waals surface area contributed by atoms with E-state index in [1.165, 1.54) is 6.33 Å². The maximum atomic E-state index is 11.3. The van der Waals surface area contributed by atoms with Crippen LogP contribution in [0.15, 0.2) is 12.5 Å². The highest BCUT2D eigenvalue weighted by Crippen LogP contribution is 1.96. The summed E-state index contributed by atoms with van der Waals surface area (Å²) in [5.74, 6) is 0.192. The summed E-state index contributed by atoms with van der Waals surface area (Å²) in [6, 6.07) is 0. The van der Waals surface area contributed by atoms with Crippen molar-refractivity contribution in [1.29, 1.82) is 0 Å². The van der Waals surface area contributed by atoms with Crippen LogP contribution in [0.4, 0.5) is 0 Å². The quantitative estimate of drug-likeness (QED) is 0.734. The summed E-state index contributed by atoms with van der Waals surface area (Å²) in [7, 11) is -3.12. The molecule has 1 rings (SSSR count). The van der Waals surface area contributed by atoms with Gasteiger partial charge in [-0.3, -0.25) is 0 Å². The second-order valence-corrected chi connectivity index (χ2v) is 5.00. The summed E-state index contributed by atoms with van der Waals surface area (Å²) in [6.45, 7) is 2.25. The zero-order valence-corrected chi connectivity index (χ0v) is 8.97. The second-order valence-electron chi connectivity index (χ2n) is 3.07. The fraction of sp³-hybridized carbons (Fsp3) is 0.625. The zero-order chi connectivity index (χ0) is 10.4. The Bertz CT molecular complexity index is 345. The van der Waals surface area contributed by atoms with Crippen LogP contribution < -0.4 is 4.72 Å². The van der Waals surface area contributed by atoms with Gasteiger partial charge in [0.05, 0.1) is 18.6 Å². The van der Waals surface area contributed by atoms with E-state index >= 15 is 0 Å². The maximum absolute atomic E-state index is 11.3. The Morgan fingerprint density at radius 2 is 2.36 bits per heavy atom. The van der Waals surface area contributed by atoms with Crippen LogP contribution in [0.3, 0.4) is 0 Å². The second kappa shape index (κ2) is 5.11. The molecule has 0 spiro atoms. The van der Waals surface area contributed by atoms with E-state index in [1.807, 2.05) is 6.92 Å². The van der Waals surface area contributed by atoms with Gasteiger partial charge in [0.15, 0.2) is 0 Å². The number of rotatable bonds is 6. The van der Waals surface area contributed by atoms with Gasteiger partial charge in [0.25, 0.3) is 0 Å². The summed E-state index contributed by atoms with van der Waals surface area (Å²) < 4.78 is 25.2. The molecule has 1 aromatic rings. The van der Waals surface area contributed by atoms with Gasteiger partial charge in [0.2, 0.25) is 10.0 Å². The van der Waals surface area contributed by atoms with Crippen molar-refractivity contribution in [1.82, 2.24) is 14.7 Å². The average molecular weight is 217 g/mol. The Balaban J connectivity index is 2.37. The molecule has 14 heavy (non-hydrogen) atoms. The van der Waals surface area contributed by atoms with Gasteiger partial charge in [-0.2, -0.15) is 0 Å². The highest BCUT2D eigenvalue weighted by Gasteiger charge is 2.08. The van der Waals surface area contributed by atoms with Gasteiger partial charge in [0.1, 0.15) is 0 Å². The molecule has 6 heteroatoms. The first-order chi connectivity index (χ1) is 6.64. The number of imidazole rings is 1. The summed E-state index contributed by atoms with van der Waals surface area (Å²) >= 11 is 0. The SMILES string of the molecule is CCCCS(=O)(=O)NCc1cnc[nH]1. The standard InChI is InChI=1S/C8H15N3O2S/c1-2-3-4-14(12,13)11-6-8-5-9-7-10-8/h5,7,11H,2-4,6H2,1H3,(H,9,10). The molecule has 1 heterocycles. The first-order valence-electron chi connectivity index (χ1n) is 4.58. The number of unbranched alkanes of at least 4 members (excludes halogenated alkanes) is 1. The van der Waals surface area contributed by atoms with Crippen LogP contribution in [0.2, 0.25) is 0 Å². The van der Waals surface area contributed by atoms with Gasteiger partial charge in [-0.15, -0.1) is 0 Å². The zero-order valence-electron chi connectivity index (χ0n) is 8.16. The molecule has 0 radical (unpaired) electrons. The molecule has 0 aromatic carbocycles. The molecule has 0 aliphatic carbocycles. The summed E-state index contributed by atoms with van der Waals surface area (Å²) in [6.07, 6.45) is 4.70. The molecular formula is C8H15N3O2S. The van der Waals surface area contributed by atoms with Crippen molar-refractivity contribution in [2.75, 3.05) is 5.75 Å². The van der Waals surface area contributed by atoms with Crippen LogP contribution in [0.25, 0.3) is 0 Å². The Morgan fingerprint density at radius 3 is 2.93 bits per heavy atom. The number of nitrogens with zero attached hydrogens (tertiary/aromatic N) is 1. The largest absolute Gasteiger partial charge is 0.347 e.